The zero-order valence-electron chi connectivity index (χ0n) is 20.5. The number of carbonyl (C=O) groups is 1. The monoisotopic (exact) mass is 459 g/mol. The molecule has 0 bridgehead atoms. The average molecular weight is 460 g/mol. The van der Waals surface area contributed by atoms with Crippen LogP contribution in [0.3, 0.4) is 0 Å². The van der Waals surface area contributed by atoms with E-state index in [2.05, 4.69) is 24.4 Å². The maximum absolute atomic E-state index is 12.8. The van der Waals surface area contributed by atoms with Crippen LogP contribution >= 0.6 is 0 Å². The van der Waals surface area contributed by atoms with Crippen molar-refractivity contribution in [3.63, 3.8) is 0 Å². The Bertz CT molecular complexity index is 1050. The van der Waals surface area contributed by atoms with E-state index in [1.807, 2.05) is 24.3 Å². The van der Waals surface area contributed by atoms with Crippen molar-refractivity contribution in [3.8, 4) is 0 Å². The van der Waals surface area contributed by atoms with Gasteiger partial charge >= 0.3 is 0 Å². The Morgan fingerprint density at radius 2 is 1.94 bits per heavy atom. The molecular formula is C29H37N3O2. The summed E-state index contributed by atoms with van der Waals surface area (Å²) in [5.41, 5.74) is 6.33. The number of aryl methyl sites for hydroxylation is 2. The number of aliphatic hydroxyl groups excluding tert-OH is 1. The standard InChI is InChI=1S/C29H37N3O2/c1-20-15-18-25-28(24(20)17-16-21(2)33)30-26(19-23-11-6-7-12-23)29(31-25)32-27(34)14-8-13-22-9-4-3-5-10-22/h3-5,9-10,16-17,21,23,33H,6-8,11-15,18-19H2,1-2H3,(H,31,32,34)/b17-16-. The van der Waals surface area contributed by atoms with Crippen molar-refractivity contribution in [1.82, 2.24) is 9.97 Å². The molecule has 2 aliphatic carbocycles. The number of aromatic nitrogens is 2. The molecule has 5 nitrogen and oxygen atoms in total. The summed E-state index contributed by atoms with van der Waals surface area (Å²) in [5, 5.41) is 12.9. The fourth-order valence-corrected chi connectivity index (χ4v) is 5.02. The third-order valence-electron chi connectivity index (χ3n) is 6.96. The van der Waals surface area contributed by atoms with Crippen LogP contribution in [-0.4, -0.2) is 27.1 Å². The Morgan fingerprint density at radius 3 is 2.68 bits per heavy atom. The molecule has 0 radical (unpaired) electrons. The highest BCUT2D eigenvalue weighted by molar-refractivity contribution is 5.90. The van der Waals surface area contributed by atoms with Gasteiger partial charge in [-0.05, 0) is 57.4 Å². The topological polar surface area (TPSA) is 75.1 Å². The number of fused-ring (bicyclic) bond motifs is 1. The molecule has 5 heteroatoms. The van der Waals surface area contributed by atoms with Gasteiger partial charge in [0.2, 0.25) is 5.91 Å². The predicted octanol–water partition coefficient (Wildman–Crippen LogP) is 5.83. The Hall–Kier alpha value is -2.79. The first-order chi connectivity index (χ1) is 16.5. The SMILES string of the molecule is CC1=C(/C=C\C(C)O)c2nc(CC3CCCC3)c(NC(=O)CCCc3ccccc3)nc2CC1. The first-order valence-electron chi connectivity index (χ1n) is 12.8. The Morgan fingerprint density at radius 1 is 1.18 bits per heavy atom. The highest BCUT2D eigenvalue weighted by Gasteiger charge is 2.24. The summed E-state index contributed by atoms with van der Waals surface area (Å²) in [6.45, 7) is 3.88. The Balaban J connectivity index is 1.54. The van der Waals surface area contributed by atoms with E-state index in [1.165, 1.54) is 36.8 Å². The van der Waals surface area contributed by atoms with Gasteiger partial charge in [-0.15, -0.1) is 0 Å². The minimum Gasteiger partial charge on any atom is -0.389 e. The fraction of sp³-hybridized carbons (Fsp3) is 0.483. The van der Waals surface area contributed by atoms with Crippen LogP contribution in [0.4, 0.5) is 5.82 Å². The highest BCUT2D eigenvalue weighted by atomic mass is 16.3. The van der Waals surface area contributed by atoms with Crippen LogP contribution < -0.4 is 5.32 Å². The summed E-state index contributed by atoms with van der Waals surface area (Å²) in [6, 6.07) is 10.3. The summed E-state index contributed by atoms with van der Waals surface area (Å²) in [4.78, 5) is 22.9. The Kier molecular flexibility index (Phi) is 8.28. The van der Waals surface area contributed by atoms with E-state index >= 15 is 0 Å². The lowest BCUT2D eigenvalue weighted by Crippen LogP contribution is -2.19. The zero-order chi connectivity index (χ0) is 23.9. The molecule has 2 aromatic rings. The number of hydrogen-bond acceptors (Lipinski definition) is 4. The fourth-order valence-electron chi connectivity index (χ4n) is 5.02. The van der Waals surface area contributed by atoms with E-state index < -0.39 is 6.10 Å². The van der Waals surface area contributed by atoms with Gasteiger partial charge in [-0.25, -0.2) is 9.97 Å². The lowest BCUT2D eigenvalue weighted by atomic mass is 9.91. The lowest BCUT2D eigenvalue weighted by molar-refractivity contribution is -0.116. The first kappa shape index (κ1) is 24.3. The molecule has 0 saturated heterocycles. The van der Waals surface area contributed by atoms with Crippen molar-refractivity contribution in [2.24, 2.45) is 5.92 Å². The summed E-state index contributed by atoms with van der Waals surface area (Å²) >= 11 is 0. The first-order valence-corrected chi connectivity index (χ1v) is 12.8. The van der Waals surface area contributed by atoms with Gasteiger partial charge in [0.05, 0.1) is 23.2 Å². The number of rotatable bonds is 9. The van der Waals surface area contributed by atoms with Crippen LogP contribution in [0.15, 0.2) is 48.1 Å². The molecule has 1 amide bonds. The van der Waals surface area contributed by atoms with Crippen LogP contribution in [0.1, 0.15) is 81.4 Å². The molecule has 1 heterocycles. The van der Waals surface area contributed by atoms with Crippen LogP contribution in [0, 0.1) is 5.92 Å². The molecule has 1 fully saturated rings. The van der Waals surface area contributed by atoms with E-state index in [4.69, 9.17) is 9.97 Å². The van der Waals surface area contributed by atoms with Crippen molar-refractivity contribution in [2.45, 2.75) is 84.2 Å². The van der Waals surface area contributed by atoms with Crippen LogP contribution in [-0.2, 0) is 24.1 Å². The lowest BCUT2D eigenvalue weighted by Gasteiger charge is -2.22. The number of anilines is 1. The number of benzene rings is 1. The molecule has 1 unspecified atom stereocenters. The summed E-state index contributed by atoms with van der Waals surface area (Å²) in [5.74, 6) is 1.26. The quantitative estimate of drug-likeness (QED) is 0.495. The number of allylic oxidation sites excluding steroid dienone is 3. The van der Waals surface area contributed by atoms with E-state index in [0.29, 0.717) is 18.2 Å². The van der Waals surface area contributed by atoms with Crippen LogP contribution in [0.2, 0.25) is 0 Å². The van der Waals surface area contributed by atoms with Crippen molar-refractivity contribution < 1.29 is 9.90 Å². The molecular weight excluding hydrogens is 422 g/mol. The number of carbonyl (C=O) groups excluding carboxylic acids is 1. The summed E-state index contributed by atoms with van der Waals surface area (Å²) in [6.07, 6.45) is 13.0. The molecule has 1 atom stereocenters. The Labute approximate surface area is 203 Å². The molecule has 180 valence electrons. The number of aliphatic hydroxyl groups is 1. The number of hydrogen-bond donors (Lipinski definition) is 2. The summed E-state index contributed by atoms with van der Waals surface area (Å²) in [7, 11) is 0. The molecule has 0 aliphatic heterocycles. The van der Waals surface area contributed by atoms with E-state index in [0.717, 1.165) is 54.8 Å². The summed E-state index contributed by atoms with van der Waals surface area (Å²) < 4.78 is 0. The highest BCUT2D eigenvalue weighted by Crippen LogP contribution is 2.34. The normalized spacial score (nSPS) is 17.3. The third kappa shape index (κ3) is 6.41. The van der Waals surface area contributed by atoms with E-state index in [1.54, 1.807) is 13.0 Å². The molecule has 4 rings (SSSR count). The maximum atomic E-state index is 12.8. The molecule has 1 aromatic carbocycles. The van der Waals surface area contributed by atoms with Crippen molar-refractivity contribution >= 4 is 17.3 Å². The second kappa shape index (κ2) is 11.6. The minimum atomic E-state index is -0.508. The second-order valence-corrected chi connectivity index (χ2v) is 9.85. The largest absolute Gasteiger partial charge is 0.389 e. The minimum absolute atomic E-state index is 0.00890. The number of amides is 1. The molecule has 0 spiro atoms. The molecule has 1 saturated carbocycles. The van der Waals surface area contributed by atoms with E-state index in [-0.39, 0.29) is 5.91 Å². The van der Waals surface area contributed by atoms with Crippen LogP contribution in [0.25, 0.3) is 5.57 Å². The van der Waals surface area contributed by atoms with Crippen molar-refractivity contribution in [3.05, 3.63) is 70.7 Å². The van der Waals surface area contributed by atoms with Gasteiger partial charge in [-0.3, -0.25) is 4.79 Å². The van der Waals surface area contributed by atoms with Crippen LogP contribution in [0.5, 0.6) is 0 Å². The van der Waals surface area contributed by atoms with Gasteiger partial charge in [0.1, 0.15) is 0 Å². The molecule has 1 aromatic heterocycles. The maximum Gasteiger partial charge on any atom is 0.225 e. The van der Waals surface area contributed by atoms with Gasteiger partial charge in [0.15, 0.2) is 5.82 Å². The predicted molar refractivity (Wildman–Crippen MR) is 137 cm³/mol. The van der Waals surface area contributed by atoms with Crippen molar-refractivity contribution in [1.29, 1.82) is 0 Å². The van der Waals surface area contributed by atoms with Gasteiger partial charge < -0.3 is 10.4 Å². The number of nitrogens with one attached hydrogen (secondary N) is 1. The van der Waals surface area contributed by atoms with Gasteiger partial charge in [-0.1, -0.05) is 73.7 Å². The van der Waals surface area contributed by atoms with Gasteiger partial charge in [0, 0.05) is 12.0 Å². The van der Waals surface area contributed by atoms with Crippen molar-refractivity contribution in [2.75, 3.05) is 5.32 Å². The number of nitrogens with zero attached hydrogens (tertiary/aromatic N) is 2. The zero-order valence-corrected chi connectivity index (χ0v) is 20.5. The van der Waals surface area contributed by atoms with E-state index in [9.17, 15) is 9.90 Å². The molecule has 34 heavy (non-hydrogen) atoms. The molecule has 2 aliphatic rings. The second-order valence-electron chi connectivity index (χ2n) is 9.85. The van der Waals surface area contributed by atoms with Gasteiger partial charge in [0.25, 0.3) is 0 Å². The van der Waals surface area contributed by atoms with Gasteiger partial charge in [-0.2, -0.15) is 0 Å². The smallest absolute Gasteiger partial charge is 0.225 e. The third-order valence-corrected chi connectivity index (χ3v) is 6.96. The molecule has 2 N–H and O–H groups in total. The average Bonchev–Trinajstić information content (AvgIpc) is 3.33.